The lowest BCUT2D eigenvalue weighted by Gasteiger charge is -2.02. The Bertz CT molecular complexity index is 632. The van der Waals surface area contributed by atoms with Crippen LogP contribution in [0, 0.1) is 11.6 Å². The lowest BCUT2D eigenvalue weighted by molar-refractivity contribution is 0.624. The van der Waals surface area contributed by atoms with Gasteiger partial charge in [0.2, 0.25) is 0 Å². The maximum absolute atomic E-state index is 13.8. The van der Waals surface area contributed by atoms with Gasteiger partial charge in [-0.15, -0.1) is 0 Å². The molecular formula is C15H11F2N. The van der Waals surface area contributed by atoms with Crippen LogP contribution in [0.25, 0.3) is 0 Å². The molecule has 90 valence electrons. The Morgan fingerprint density at radius 1 is 0.944 bits per heavy atom. The molecule has 0 spiro atoms. The predicted molar refractivity (Wildman–Crippen MR) is 67.3 cm³/mol. The van der Waals surface area contributed by atoms with E-state index in [0.717, 1.165) is 12.0 Å². The number of hydrogen-bond donors (Lipinski definition) is 0. The van der Waals surface area contributed by atoms with Crippen LogP contribution in [0.1, 0.15) is 17.5 Å². The molecule has 0 unspecified atom stereocenters. The van der Waals surface area contributed by atoms with Gasteiger partial charge in [0, 0.05) is 5.56 Å². The molecule has 0 aliphatic heterocycles. The van der Waals surface area contributed by atoms with Crippen LogP contribution in [0.5, 0.6) is 0 Å². The van der Waals surface area contributed by atoms with Crippen LogP contribution in [-0.2, 0) is 6.42 Å². The lowest BCUT2D eigenvalue weighted by Crippen LogP contribution is -1.97. The van der Waals surface area contributed by atoms with Crippen molar-refractivity contribution in [2.75, 3.05) is 0 Å². The van der Waals surface area contributed by atoms with Crippen molar-refractivity contribution in [1.82, 2.24) is 0 Å². The zero-order valence-corrected chi connectivity index (χ0v) is 9.66. The minimum Gasteiger partial charge on any atom is -0.253 e. The number of aryl methyl sites for hydroxylation is 1. The van der Waals surface area contributed by atoms with E-state index in [2.05, 4.69) is 4.99 Å². The molecule has 1 aliphatic rings. The standard InChI is InChI=1S/C15H11F2N/c16-11-4-2-5-12(9-11)18-14-8-7-10-3-1-6-13(17)15(10)14/h1-6,9H,7-8H2. The van der Waals surface area contributed by atoms with Crippen molar-refractivity contribution in [3.8, 4) is 0 Å². The molecule has 0 amide bonds. The minimum absolute atomic E-state index is 0.250. The minimum atomic E-state index is -0.330. The average molecular weight is 243 g/mol. The molecule has 1 nitrogen and oxygen atoms in total. The monoisotopic (exact) mass is 243 g/mol. The topological polar surface area (TPSA) is 12.4 Å². The first-order valence-corrected chi connectivity index (χ1v) is 5.85. The summed E-state index contributed by atoms with van der Waals surface area (Å²) in [6, 6.07) is 11.1. The third-order valence-corrected chi connectivity index (χ3v) is 3.09. The molecule has 3 heteroatoms. The fraction of sp³-hybridized carbons (Fsp3) is 0.133. The van der Waals surface area contributed by atoms with E-state index in [-0.39, 0.29) is 11.6 Å². The second-order valence-electron chi connectivity index (χ2n) is 4.31. The largest absolute Gasteiger partial charge is 0.253 e. The second kappa shape index (κ2) is 4.33. The molecule has 0 fully saturated rings. The first-order valence-electron chi connectivity index (χ1n) is 5.85. The van der Waals surface area contributed by atoms with Gasteiger partial charge in [-0.1, -0.05) is 18.2 Å². The number of fused-ring (bicyclic) bond motifs is 1. The highest BCUT2D eigenvalue weighted by Crippen LogP contribution is 2.27. The van der Waals surface area contributed by atoms with Gasteiger partial charge in [-0.05, 0) is 42.7 Å². The van der Waals surface area contributed by atoms with Gasteiger partial charge in [0.1, 0.15) is 11.6 Å². The summed E-state index contributed by atoms with van der Waals surface area (Å²) in [5.41, 5.74) is 2.79. The SMILES string of the molecule is Fc1cccc(N=C2CCc3cccc(F)c32)c1. The molecule has 2 aromatic rings. The van der Waals surface area contributed by atoms with Gasteiger partial charge in [0.15, 0.2) is 0 Å². The first-order chi connectivity index (χ1) is 8.74. The normalized spacial score (nSPS) is 16.0. The number of halogens is 2. The smallest absolute Gasteiger partial charge is 0.132 e. The van der Waals surface area contributed by atoms with Crippen molar-refractivity contribution in [2.45, 2.75) is 12.8 Å². The van der Waals surface area contributed by atoms with Crippen LogP contribution < -0.4 is 0 Å². The molecule has 0 atom stereocenters. The van der Waals surface area contributed by atoms with Crippen molar-refractivity contribution in [3.05, 3.63) is 65.2 Å². The van der Waals surface area contributed by atoms with Gasteiger partial charge in [-0.25, -0.2) is 8.78 Å². The molecule has 2 aromatic carbocycles. The van der Waals surface area contributed by atoms with Crippen LogP contribution >= 0.6 is 0 Å². The summed E-state index contributed by atoms with van der Waals surface area (Å²) in [4.78, 5) is 4.36. The Morgan fingerprint density at radius 3 is 2.61 bits per heavy atom. The zero-order chi connectivity index (χ0) is 12.5. The summed E-state index contributed by atoms with van der Waals surface area (Å²) in [6.45, 7) is 0. The fourth-order valence-electron chi connectivity index (χ4n) is 2.29. The van der Waals surface area contributed by atoms with Crippen molar-refractivity contribution in [2.24, 2.45) is 4.99 Å². The summed E-state index contributed by atoms with van der Waals surface area (Å²) in [7, 11) is 0. The van der Waals surface area contributed by atoms with Crippen LogP contribution in [0.15, 0.2) is 47.5 Å². The highest BCUT2D eigenvalue weighted by atomic mass is 19.1. The molecule has 0 heterocycles. The van der Waals surface area contributed by atoms with Gasteiger partial charge >= 0.3 is 0 Å². The van der Waals surface area contributed by atoms with E-state index < -0.39 is 0 Å². The molecule has 3 rings (SSSR count). The van der Waals surface area contributed by atoms with Crippen LogP contribution in [0.4, 0.5) is 14.5 Å². The molecule has 0 N–H and O–H groups in total. The third-order valence-electron chi connectivity index (χ3n) is 3.09. The molecule has 0 saturated carbocycles. The number of aliphatic imine (C=N–C) groups is 1. The van der Waals surface area contributed by atoms with Gasteiger partial charge < -0.3 is 0 Å². The molecule has 18 heavy (non-hydrogen) atoms. The van der Waals surface area contributed by atoms with Crippen LogP contribution in [0.3, 0.4) is 0 Å². The maximum Gasteiger partial charge on any atom is 0.132 e. The van der Waals surface area contributed by atoms with E-state index in [0.29, 0.717) is 23.4 Å². The van der Waals surface area contributed by atoms with Crippen molar-refractivity contribution >= 4 is 11.4 Å². The van der Waals surface area contributed by atoms with Gasteiger partial charge in [-0.2, -0.15) is 0 Å². The number of benzene rings is 2. The zero-order valence-electron chi connectivity index (χ0n) is 9.66. The van der Waals surface area contributed by atoms with E-state index in [1.807, 2.05) is 6.07 Å². The highest BCUT2D eigenvalue weighted by Gasteiger charge is 2.21. The summed E-state index contributed by atoms with van der Waals surface area (Å²) < 4.78 is 26.8. The third kappa shape index (κ3) is 1.92. The summed E-state index contributed by atoms with van der Waals surface area (Å²) in [5, 5.41) is 0. The maximum atomic E-state index is 13.8. The van der Waals surface area contributed by atoms with Gasteiger partial charge in [0.25, 0.3) is 0 Å². The van der Waals surface area contributed by atoms with E-state index >= 15 is 0 Å². The van der Waals surface area contributed by atoms with E-state index in [9.17, 15) is 8.78 Å². The summed E-state index contributed by atoms with van der Waals surface area (Å²) >= 11 is 0. The van der Waals surface area contributed by atoms with E-state index in [4.69, 9.17) is 0 Å². The van der Waals surface area contributed by atoms with Crippen LogP contribution in [-0.4, -0.2) is 5.71 Å². The molecule has 0 aromatic heterocycles. The van der Waals surface area contributed by atoms with E-state index in [1.54, 1.807) is 18.2 Å². The Hall–Kier alpha value is -2.03. The number of nitrogens with zero attached hydrogens (tertiary/aromatic N) is 1. The van der Waals surface area contributed by atoms with Crippen molar-refractivity contribution in [1.29, 1.82) is 0 Å². The second-order valence-corrected chi connectivity index (χ2v) is 4.31. The molecule has 1 aliphatic carbocycles. The predicted octanol–water partition coefficient (Wildman–Crippen LogP) is 4.03. The van der Waals surface area contributed by atoms with Crippen molar-refractivity contribution in [3.63, 3.8) is 0 Å². The summed E-state index contributed by atoms with van der Waals surface area (Å²) in [5.74, 6) is -0.580. The first kappa shape index (κ1) is 11.1. The number of hydrogen-bond acceptors (Lipinski definition) is 1. The highest BCUT2D eigenvalue weighted by molar-refractivity contribution is 6.06. The van der Waals surface area contributed by atoms with Crippen LogP contribution in [0.2, 0.25) is 0 Å². The molecule has 0 saturated heterocycles. The Kier molecular flexibility index (Phi) is 2.67. The number of rotatable bonds is 1. The quantitative estimate of drug-likeness (QED) is 0.717. The fourth-order valence-corrected chi connectivity index (χ4v) is 2.29. The summed E-state index contributed by atoms with van der Waals surface area (Å²) in [6.07, 6.45) is 1.49. The average Bonchev–Trinajstić information content (AvgIpc) is 2.74. The van der Waals surface area contributed by atoms with Gasteiger partial charge in [-0.3, -0.25) is 4.99 Å². The molecule has 0 bridgehead atoms. The molecule has 0 radical (unpaired) electrons. The van der Waals surface area contributed by atoms with Crippen molar-refractivity contribution < 1.29 is 8.78 Å². The Morgan fingerprint density at radius 2 is 1.78 bits per heavy atom. The molecular weight excluding hydrogens is 232 g/mol. The lowest BCUT2D eigenvalue weighted by atomic mass is 10.1. The Labute approximate surface area is 104 Å². The van der Waals surface area contributed by atoms with Gasteiger partial charge in [0.05, 0.1) is 11.4 Å². The Balaban J connectivity index is 2.07. The van der Waals surface area contributed by atoms with E-state index in [1.165, 1.54) is 18.2 Å².